The summed E-state index contributed by atoms with van der Waals surface area (Å²) in [6.45, 7) is 4.08. The third kappa shape index (κ3) is 3.60. The van der Waals surface area contributed by atoms with Crippen LogP contribution in [0.4, 0.5) is 0 Å². The van der Waals surface area contributed by atoms with E-state index in [0.29, 0.717) is 10.0 Å². The van der Waals surface area contributed by atoms with Crippen LogP contribution in [0.1, 0.15) is 34.2 Å². The topological polar surface area (TPSA) is 18.5 Å². The second-order valence-electron chi connectivity index (χ2n) is 7.55. The molecule has 2 nitrogen and oxygen atoms in total. The van der Waals surface area contributed by atoms with E-state index in [-0.39, 0.29) is 5.41 Å². The summed E-state index contributed by atoms with van der Waals surface area (Å²) in [5.74, 6) is 1.49. The number of fused-ring (bicyclic) bond motifs is 1. The number of halogens is 2. The Bertz CT molecular complexity index is 1010. The van der Waals surface area contributed by atoms with Gasteiger partial charge in [0.25, 0.3) is 0 Å². The predicted molar refractivity (Wildman–Crippen MR) is 120 cm³/mol. The molecule has 0 N–H and O–H groups in total. The highest BCUT2D eigenvalue weighted by Crippen LogP contribution is 2.49. The summed E-state index contributed by atoms with van der Waals surface area (Å²) >= 11 is 13.6. The first-order valence-corrected chi connectivity index (χ1v) is 10.3. The maximum Gasteiger partial charge on any atom is 0.120 e. The monoisotopic (exact) mass is 425 g/mol. The van der Waals surface area contributed by atoms with Gasteiger partial charge >= 0.3 is 0 Å². The minimum Gasteiger partial charge on any atom is -0.497 e. The predicted octanol–water partition coefficient (Wildman–Crippen LogP) is 6.67. The molecule has 0 spiro atoms. The smallest absolute Gasteiger partial charge is 0.120 e. The van der Waals surface area contributed by atoms with Gasteiger partial charge in [-0.25, -0.2) is 0 Å². The fourth-order valence-electron chi connectivity index (χ4n) is 4.47. The number of hydrogen-bond donors (Lipinski definition) is 0. The first-order chi connectivity index (χ1) is 14.0. The molecule has 0 fully saturated rings. The van der Waals surface area contributed by atoms with Gasteiger partial charge < -0.3 is 9.47 Å². The summed E-state index contributed by atoms with van der Waals surface area (Å²) in [7, 11) is 3.29. The van der Waals surface area contributed by atoms with E-state index >= 15 is 0 Å². The summed E-state index contributed by atoms with van der Waals surface area (Å²) < 4.78 is 10.7. The Labute approximate surface area is 182 Å². The van der Waals surface area contributed by atoms with Crippen LogP contribution < -0.4 is 9.47 Å². The van der Waals surface area contributed by atoms with Crippen molar-refractivity contribution in [3.8, 4) is 11.5 Å². The zero-order chi connectivity index (χ0) is 20.6. The number of ether oxygens (including phenoxy) is 2. The second-order valence-corrected chi connectivity index (χ2v) is 8.37. The number of hydrogen-bond acceptors (Lipinski definition) is 2. The fraction of sp³-hybridized carbons (Fsp3) is 0.240. The molecule has 4 rings (SSSR count). The number of methoxy groups -OCH3 is 2. The number of rotatable bonds is 4. The van der Waals surface area contributed by atoms with Crippen molar-refractivity contribution in [1.82, 2.24) is 0 Å². The highest BCUT2D eigenvalue weighted by atomic mass is 35.5. The molecule has 0 amide bonds. The van der Waals surface area contributed by atoms with Crippen LogP contribution in [0.15, 0.2) is 54.6 Å². The molecular formula is C25H23Cl2O2. The van der Waals surface area contributed by atoms with Crippen molar-refractivity contribution in [2.75, 3.05) is 14.2 Å². The highest BCUT2D eigenvalue weighted by molar-refractivity contribution is 6.32. The van der Waals surface area contributed by atoms with Crippen LogP contribution in [0.2, 0.25) is 10.0 Å². The molecule has 0 atom stereocenters. The van der Waals surface area contributed by atoms with Crippen molar-refractivity contribution >= 4 is 23.2 Å². The van der Waals surface area contributed by atoms with E-state index in [0.717, 1.165) is 47.5 Å². The molecule has 0 bridgehead atoms. The van der Waals surface area contributed by atoms with Crippen molar-refractivity contribution in [1.29, 1.82) is 0 Å². The highest BCUT2D eigenvalue weighted by Gasteiger charge is 2.40. The summed E-state index contributed by atoms with van der Waals surface area (Å²) in [6, 6.07) is 18.3. The lowest BCUT2D eigenvalue weighted by atomic mass is 9.63. The maximum atomic E-state index is 6.79. The Balaban J connectivity index is 1.92. The van der Waals surface area contributed by atoms with Crippen LogP contribution in [-0.4, -0.2) is 14.2 Å². The van der Waals surface area contributed by atoms with Crippen molar-refractivity contribution < 1.29 is 9.47 Å². The molecule has 0 aromatic heterocycles. The lowest BCUT2D eigenvalue weighted by Gasteiger charge is -2.41. The van der Waals surface area contributed by atoms with Crippen LogP contribution in [0.25, 0.3) is 0 Å². The van der Waals surface area contributed by atoms with Gasteiger partial charge in [0.2, 0.25) is 0 Å². The van der Waals surface area contributed by atoms with Gasteiger partial charge in [-0.2, -0.15) is 0 Å². The van der Waals surface area contributed by atoms with E-state index in [1.165, 1.54) is 11.1 Å². The zero-order valence-corrected chi connectivity index (χ0v) is 18.1. The van der Waals surface area contributed by atoms with Gasteiger partial charge in [-0.3, -0.25) is 0 Å². The molecule has 149 valence electrons. The lowest BCUT2D eigenvalue weighted by Crippen LogP contribution is -2.35. The molecule has 3 aromatic rings. The van der Waals surface area contributed by atoms with Gasteiger partial charge in [0.1, 0.15) is 11.5 Å². The molecule has 3 aromatic carbocycles. The molecule has 0 saturated carbocycles. The molecular weight excluding hydrogens is 403 g/mol. The minimum atomic E-state index is -0.331. The molecule has 1 aliphatic rings. The van der Waals surface area contributed by atoms with E-state index in [4.69, 9.17) is 32.7 Å². The first-order valence-electron chi connectivity index (χ1n) is 9.58. The van der Waals surface area contributed by atoms with Gasteiger partial charge in [0.15, 0.2) is 0 Å². The first kappa shape index (κ1) is 20.1. The Morgan fingerprint density at radius 1 is 0.793 bits per heavy atom. The van der Waals surface area contributed by atoms with Crippen molar-refractivity contribution in [2.45, 2.75) is 24.7 Å². The summed E-state index contributed by atoms with van der Waals surface area (Å²) in [5, 5.41) is 1.38. The third-order valence-electron chi connectivity index (χ3n) is 5.97. The van der Waals surface area contributed by atoms with E-state index in [1.54, 1.807) is 14.2 Å². The van der Waals surface area contributed by atoms with E-state index in [2.05, 4.69) is 37.3 Å². The van der Waals surface area contributed by atoms with E-state index in [1.807, 2.05) is 24.3 Å². The third-order valence-corrected chi connectivity index (χ3v) is 6.59. The van der Waals surface area contributed by atoms with Crippen LogP contribution in [0.5, 0.6) is 11.5 Å². The summed E-state index contributed by atoms with van der Waals surface area (Å²) in [5.41, 5.74) is 5.50. The van der Waals surface area contributed by atoms with Gasteiger partial charge in [-0.05, 0) is 78.3 Å². The van der Waals surface area contributed by atoms with Crippen molar-refractivity contribution in [3.63, 3.8) is 0 Å². The number of aryl methyl sites for hydroxylation is 1. The maximum absolute atomic E-state index is 6.79. The zero-order valence-electron chi connectivity index (χ0n) is 16.6. The molecule has 1 aliphatic carbocycles. The van der Waals surface area contributed by atoms with E-state index in [9.17, 15) is 0 Å². The van der Waals surface area contributed by atoms with Gasteiger partial charge in [-0.15, -0.1) is 0 Å². The largest absolute Gasteiger partial charge is 0.497 e. The Kier molecular flexibility index (Phi) is 5.50. The molecule has 0 unspecified atom stereocenters. The van der Waals surface area contributed by atoms with Gasteiger partial charge in [0.05, 0.1) is 14.2 Å². The normalized spacial score (nSPS) is 14.9. The van der Waals surface area contributed by atoms with Crippen LogP contribution in [-0.2, 0) is 18.3 Å². The lowest BCUT2D eigenvalue weighted by molar-refractivity contribution is 0.410. The van der Waals surface area contributed by atoms with Crippen molar-refractivity contribution in [2.24, 2.45) is 0 Å². The fourth-order valence-corrected chi connectivity index (χ4v) is 5.18. The number of benzene rings is 3. The quantitative estimate of drug-likeness (QED) is 0.464. The molecule has 0 heterocycles. The second kappa shape index (κ2) is 7.93. The Morgan fingerprint density at radius 3 is 1.90 bits per heavy atom. The SMILES string of the molecule is [CH2]c1ccc2c(c1)CCC(c1ccc(OC)cc1Cl)(c1ccc(OC)cc1Cl)C2. The van der Waals surface area contributed by atoms with E-state index < -0.39 is 0 Å². The molecule has 4 heteroatoms. The Hall–Kier alpha value is -2.16. The standard InChI is InChI=1S/C25H23Cl2O2/c1-16-4-5-18-15-25(11-10-17(18)12-16,21-8-6-19(28-2)13-23(21)26)22-9-7-20(29-3)14-24(22)27/h4-9,12-14H,1,10-11,15H2,2-3H3. The summed E-state index contributed by atoms with van der Waals surface area (Å²) in [6.07, 6.45) is 2.66. The average Bonchev–Trinajstić information content (AvgIpc) is 2.73. The molecule has 29 heavy (non-hydrogen) atoms. The minimum absolute atomic E-state index is 0.331. The van der Waals surface area contributed by atoms with Gasteiger partial charge in [0, 0.05) is 15.5 Å². The van der Waals surface area contributed by atoms with Crippen LogP contribution in [0.3, 0.4) is 0 Å². The molecule has 0 aliphatic heterocycles. The average molecular weight is 426 g/mol. The molecule has 0 saturated heterocycles. The Morgan fingerprint density at radius 2 is 1.38 bits per heavy atom. The van der Waals surface area contributed by atoms with Gasteiger partial charge in [-0.1, -0.05) is 53.5 Å². The van der Waals surface area contributed by atoms with Crippen molar-refractivity contribution in [3.05, 3.63) is 99.4 Å². The molecule has 1 radical (unpaired) electrons. The van der Waals surface area contributed by atoms with Crippen LogP contribution in [0, 0.1) is 6.92 Å². The van der Waals surface area contributed by atoms with Crippen LogP contribution >= 0.6 is 23.2 Å². The summed E-state index contributed by atoms with van der Waals surface area (Å²) in [4.78, 5) is 0.